The van der Waals surface area contributed by atoms with Crippen LogP contribution in [-0.4, -0.2) is 57.0 Å². The lowest BCUT2D eigenvalue weighted by atomic mass is 10.0. The first-order chi connectivity index (χ1) is 14.6. The summed E-state index contributed by atoms with van der Waals surface area (Å²) >= 11 is 0. The van der Waals surface area contributed by atoms with Crippen LogP contribution in [0.5, 0.6) is 0 Å². The predicted octanol–water partition coefficient (Wildman–Crippen LogP) is 3.56. The van der Waals surface area contributed by atoms with E-state index in [4.69, 9.17) is 0 Å². The number of aryl methyl sites for hydroxylation is 2. The zero-order chi connectivity index (χ0) is 20.9. The zero-order valence-corrected chi connectivity index (χ0v) is 18.0. The summed E-state index contributed by atoms with van der Waals surface area (Å²) in [5.74, 6) is 0. The van der Waals surface area contributed by atoms with Crippen molar-refractivity contribution >= 4 is 0 Å². The third-order valence-corrected chi connectivity index (χ3v) is 6.27. The van der Waals surface area contributed by atoms with Gasteiger partial charge in [0.25, 0.3) is 0 Å². The SMILES string of the molecule is Cc1cc(-n2cccn2)ccc1CN1CCN(Cc2ccccc2C)[C@@H](CCO)C1. The molecule has 1 aliphatic rings. The number of nitrogens with zero attached hydrogens (tertiary/aromatic N) is 4. The molecule has 0 aliphatic carbocycles. The lowest BCUT2D eigenvalue weighted by molar-refractivity contribution is 0.0498. The highest BCUT2D eigenvalue weighted by molar-refractivity contribution is 5.39. The Hall–Kier alpha value is -2.47. The van der Waals surface area contributed by atoms with Crippen LogP contribution in [0.2, 0.25) is 0 Å². The zero-order valence-electron chi connectivity index (χ0n) is 18.0. The molecule has 4 rings (SSSR count). The van der Waals surface area contributed by atoms with Crippen LogP contribution in [0.15, 0.2) is 60.9 Å². The van der Waals surface area contributed by atoms with Gasteiger partial charge in [-0.3, -0.25) is 9.80 Å². The largest absolute Gasteiger partial charge is 0.396 e. The van der Waals surface area contributed by atoms with Gasteiger partial charge in [0.15, 0.2) is 0 Å². The predicted molar refractivity (Wildman–Crippen MR) is 121 cm³/mol. The van der Waals surface area contributed by atoms with E-state index in [1.807, 2.05) is 16.9 Å². The van der Waals surface area contributed by atoms with Gasteiger partial charge in [-0.15, -0.1) is 0 Å². The van der Waals surface area contributed by atoms with E-state index in [9.17, 15) is 5.11 Å². The van der Waals surface area contributed by atoms with Gasteiger partial charge in [-0.25, -0.2) is 4.68 Å². The molecule has 1 saturated heterocycles. The number of aliphatic hydroxyl groups excluding tert-OH is 1. The molecule has 0 saturated carbocycles. The first-order valence-corrected chi connectivity index (χ1v) is 10.9. The highest BCUT2D eigenvalue weighted by Gasteiger charge is 2.27. The fourth-order valence-corrected chi connectivity index (χ4v) is 4.40. The Balaban J connectivity index is 1.42. The lowest BCUT2D eigenvalue weighted by Gasteiger charge is -2.42. The Labute approximate surface area is 179 Å². The van der Waals surface area contributed by atoms with Gasteiger partial charge in [0.2, 0.25) is 0 Å². The second-order valence-corrected chi connectivity index (χ2v) is 8.36. The van der Waals surface area contributed by atoms with E-state index in [0.29, 0.717) is 6.04 Å². The molecule has 5 heteroatoms. The summed E-state index contributed by atoms with van der Waals surface area (Å²) < 4.78 is 1.90. The third kappa shape index (κ3) is 4.81. The van der Waals surface area contributed by atoms with Gasteiger partial charge < -0.3 is 5.11 Å². The Morgan fingerprint density at radius 2 is 1.80 bits per heavy atom. The smallest absolute Gasteiger partial charge is 0.0648 e. The second kappa shape index (κ2) is 9.56. The number of aliphatic hydroxyl groups is 1. The van der Waals surface area contributed by atoms with Gasteiger partial charge in [-0.05, 0) is 60.7 Å². The van der Waals surface area contributed by atoms with Crippen molar-refractivity contribution < 1.29 is 5.11 Å². The number of rotatable bonds is 7. The van der Waals surface area contributed by atoms with Crippen LogP contribution < -0.4 is 0 Å². The van der Waals surface area contributed by atoms with Gasteiger partial charge in [-0.1, -0.05) is 30.3 Å². The van der Waals surface area contributed by atoms with Crippen LogP contribution in [0.1, 0.15) is 28.7 Å². The molecule has 0 unspecified atom stereocenters. The number of aromatic nitrogens is 2. The Morgan fingerprint density at radius 1 is 0.967 bits per heavy atom. The van der Waals surface area contributed by atoms with E-state index >= 15 is 0 Å². The van der Waals surface area contributed by atoms with Crippen LogP contribution in [0, 0.1) is 13.8 Å². The Bertz CT molecular complexity index is 954. The average molecular weight is 405 g/mol. The second-order valence-electron chi connectivity index (χ2n) is 8.36. The minimum Gasteiger partial charge on any atom is -0.396 e. The summed E-state index contributed by atoms with van der Waals surface area (Å²) in [6.45, 7) is 9.59. The van der Waals surface area contributed by atoms with Crippen molar-refractivity contribution in [1.29, 1.82) is 0 Å². The number of hydrogen-bond acceptors (Lipinski definition) is 4. The molecule has 1 fully saturated rings. The molecule has 30 heavy (non-hydrogen) atoms. The van der Waals surface area contributed by atoms with Crippen molar-refractivity contribution in [2.24, 2.45) is 0 Å². The summed E-state index contributed by atoms with van der Waals surface area (Å²) in [5, 5.41) is 14.0. The first kappa shape index (κ1) is 20.8. The molecular formula is C25H32N4O. The van der Waals surface area contributed by atoms with Crippen LogP contribution in [-0.2, 0) is 13.1 Å². The monoisotopic (exact) mass is 404 g/mol. The summed E-state index contributed by atoms with van der Waals surface area (Å²) in [6, 6.07) is 17.5. The van der Waals surface area contributed by atoms with E-state index < -0.39 is 0 Å². The Morgan fingerprint density at radius 3 is 2.53 bits per heavy atom. The number of hydrogen-bond donors (Lipinski definition) is 1. The standard InChI is InChI=1S/C25H32N4O/c1-20-6-3-4-7-22(20)18-28-14-13-27(19-25(28)10-15-30)17-23-8-9-24(16-21(23)2)29-12-5-11-26-29/h3-9,11-12,16,25,30H,10,13-15,17-19H2,1-2H3/t25-/m0/s1. The van der Waals surface area contributed by atoms with E-state index in [1.165, 1.54) is 22.3 Å². The molecule has 0 bridgehead atoms. The topological polar surface area (TPSA) is 44.5 Å². The molecule has 0 spiro atoms. The van der Waals surface area contributed by atoms with Crippen LogP contribution in [0.25, 0.3) is 5.69 Å². The van der Waals surface area contributed by atoms with Crippen molar-refractivity contribution in [2.45, 2.75) is 39.4 Å². The van der Waals surface area contributed by atoms with Crippen LogP contribution in [0.4, 0.5) is 0 Å². The van der Waals surface area contributed by atoms with Crippen molar-refractivity contribution in [1.82, 2.24) is 19.6 Å². The van der Waals surface area contributed by atoms with E-state index in [0.717, 1.165) is 44.8 Å². The van der Waals surface area contributed by atoms with Gasteiger partial charge >= 0.3 is 0 Å². The maximum absolute atomic E-state index is 9.64. The Kier molecular flexibility index (Phi) is 6.62. The molecule has 5 nitrogen and oxygen atoms in total. The fourth-order valence-electron chi connectivity index (χ4n) is 4.40. The molecular weight excluding hydrogens is 372 g/mol. The van der Waals surface area contributed by atoms with Gasteiger partial charge in [0.1, 0.15) is 0 Å². The maximum Gasteiger partial charge on any atom is 0.0648 e. The minimum absolute atomic E-state index is 0.236. The quantitative estimate of drug-likeness (QED) is 0.654. The van der Waals surface area contributed by atoms with Gasteiger partial charge in [0, 0.05) is 57.8 Å². The molecule has 1 aliphatic heterocycles. The summed E-state index contributed by atoms with van der Waals surface area (Å²) in [6.07, 6.45) is 4.60. The van der Waals surface area contributed by atoms with Crippen LogP contribution in [0.3, 0.4) is 0 Å². The van der Waals surface area contributed by atoms with E-state index in [-0.39, 0.29) is 6.61 Å². The number of piperazine rings is 1. The summed E-state index contributed by atoms with van der Waals surface area (Å²) in [7, 11) is 0. The van der Waals surface area contributed by atoms with Crippen molar-refractivity contribution in [2.75, 3.05) is 26.2 Å². The molecule has 158 valence electrons. The summed E-state index contributed by atoms with van der Waals surface area (Å²) in [5.41, 5.74) is 6.49. The average Bonchev–Trinajstić information content (AvgIpc) is 3.28. The highest BCUT2D eigenvalue weighted by Crippen LogP contribution is 2.22. The normalized spacial score (nSPS) is 18.0. The molecule has 3 aromatic rings. The fraction of sp³-hybridized carbons (Fsp3) is 0.400. The highest BCUT2D eigenvalue weighted by atomic mass is 16.3. The molecule has 0 radical (unpaired) electrons. The molecule has 0 amide bonds. The number of benzene rings is 2. The summed E-state index contributed by atoms with van der Waals surface area (Å²) in [4.78, 5) is 5.08. The maximum atomic E-state index is 9.64. The third-order valence-electron chi connectivity index (χ3n) is 6.27. The van der Waals surface area contributed by atoms with Crippen molar-refractivity contribution in [3.63, 3.8) is 0 Å². The van der Waals surface area contributed by atoms with Crippen molar-refractivity contribution in [3.05, 3.63) is 83.2 Å². The minimum atomic E-state index is 0.236. The van der Waals surface area contributed by atoms with Gasteiger partial charge in [0.05, 0.1) is 5.69 Å². The lowest BCUT2D eigenvalue weighted by Crippen LogP contribution is -2.52. The van der Waals surface area contributed by atoms with Gasteiger partial charge in [-0.2, -0.15) is 5.10 Å². The van der Waals surface area contributed by atoms with E-state index in [2.05, 4.69) is 71.2 Å². The molecule has 1 N–H and O–H groups in total. The van der Waals surface area contributed by atoms with E-state index in [1.54, 1.807) is 6.20 Å². The molecule has 2 heterocycles. The van der Waals surface area contributed by atoms with Crippen LogP contribution >= 0.6 is 0 Å². The van der Waals surface area contributed by atoms with Crippen molar-refractivity contribution in [3.8, 4) is 5.69 Å². The molecule has 2 aromatic carbocycles. The molecule has 1 atom stereocenters. The first-order valence-electron chi connectivity index (χ1n) is 10.9. The molecule has 1 aromatic heterocycles.